The predicted molar refractivity (Wildman–Crippen MR) is 83.9 cm³/mol. The summed E-state index contributed by atoms with van der Waals surface area (Å²) in [4.78, 5) is 2.54. The largest absolute Gasteiger partial charge is 0.496 e. The second-order valence-corrected chi connectivity index (χ2v) is 6.45. The minimum atomic E-state index is 0.0869. The van der Waals surface area contributed by atoms with Crippen molar-refractivity contribution in [3.05, 3.63) is 29.8 Å². The molecule has 1 saturated heterocycles. The van der Waals surface area contributed by atoms with E-state index in [4.69, 9.17) is 10.5 Å². The monoisotopic (exact) mass is 276 g/mol. The summed E-state index contributed by atoms with van der Waals surface area (Å²) in [6.07, 6.45) is 1.31. The number of rotatable bonds is 4. The van der Waals surface area contributed by atoms with Gasteiger partial charge in [0.25, 0.3) is 0 Å². The second kappa shape index (κ2) is 6.59. The number of hydrogen-bond acceptors (Lipinski definition) is 3. The molecule has 0 aliphatic carbocycles. The lowest BCUT2D eigenvalue weighted by Crippen LogP contribution is -2.46. The first-order valence-corrected chi connectivity index (χ1v) is 7.65. The number of benzene rings is 1. The fourth-order valence-corrected chi connectivity index (χ4v) is 3.66. The number of nitrogens with zero attached hydrogens (tertiary/aromatic N) is 1. The van der Waals surface area contributed by atoms with Crippen molar-refractivity contribution in [3.8, 4) is 5.75 Å². The lowest BCUT2D eigenvalue weighted by atomic mass is 9.88. The molecule has 4 atom stereocenters. The molecule has 0 saturated carbocycles. The normalized spacial score (nSPS) is 27.1. The van der Waals surface area contributed by atoms with E-state index >= 15 is 0 Å². The van der Waals surface area contributed by atoms with Gasteiger partial charge in [0.05, 0.1) is 13.2 Å². The van der Waals surface area contributed by atoms with Crippen LogP contribution in [-0.2, 0) is 0 Å². The Balaban J connectivity index is 2.31. The molecular weight excluding hydrogens is 248 g/mol. The lowest BCUT2D eigenvalue weighted by molar-refractivity contribution is 0.0833. The molecule has 0 amide bonds. The lowest BCUT2D eigenvalue weighted by Gasteiger charge is -2.42. The Morgan fingerprint density at radius 1 is 1.20 bits per heavy atom. The van der Waals surface area contributed by atoms with E-state index in [0.717, 1.165) is 30.7 Å². The number of piperidine rings is 1. The van der Waals surface area contributed by atoms with Gasteiger partial charge in [0.2, 0.25) is 0 Å². The van der Waals surface area contributed by atoms with Crippen LogP contribution in [0.5, 0.6) is 5.75 Å². The highest BCUT2D eigenvalue weighted by Gasteiger charge is 2.31. The summed E-state index contributed by atoms with van der Waals surface area (Å²) in [6.45, 7) is 9.01. The van der Waals surface area contributed by atoms with Crippen LogP contribution < -0.4 is 10.5 Å². The van der Waals surface area contributed by atoms with Gasteiger partial charge in [-0.05, 0) is 31.2 Å². The Bertz CT molecular complexity index is 423. The van der Waals surface area contributed by atoms with E-state index in [-0.39, 0.29) is 12.1 Å². The van der Waals surface area contributed by atoms with Gasteiger partial charge in [-0.15, -0.1) is 0 Å². The minimum Gasteiger partial charge on any atom is -0.496 e. The van der Waals surface area contributed by atoms with Gasteiger partial charge in [-0.2, -0.15) is 0 Å². The third-order valence-electron chi connectivity index (χ3n) is 4.25. The van der Waals surface area contributed by atoms with Crippen molar-refractivity contribution in [2.24, 2.45) is 17.6 Å². The molecule has 1 aromatic rings. The van der Waals surface area contributed by atoms with Crippen LogP contribution in [0, 0.1) is 11.8 Å². The summed E-state index contributed by atoms with van der Waals surface area (Å²) in [5.41, 5.74) is 7.53. The van der Waals surface area contributed by atoms with Crippen LogP contribution in [0.1, 0.15) is 38.8 Å². The zero-order chi connectivity index (χ0) is 14.7. The van der Waals surface area contributed by atoms with E-state index in [1.54, 1.807) is 7.11 Å². The highest BCUT2D eigenvalue weighted by molar-refractivity contribution is 5.36. The molecule has 0 radical (unpaired) electrons. The summed E-state index contributed by atoms with van der Waals surface area (Å²) in [7, 11) is 1.73. The molecule has 1 heterocycles. The number of para-hydroxylation sites is 1. The maximum atomic E-state index is 6.32. The molecule has 3 heteroatoms. The quantitative estimate of drug-likeness (QED) is 0.918. The number of hydrogen-bond donors (Lipinski definition) is 1. The van der Waals surface area contributed by atoms with Gasteiger partial charge in [0.1, 0.15) is 5.75 Å². The van der Waals surface area contributed by atoms with Gasteiger partial charge < -0.3 is 10.5 Å². The fourth-order valence-electron chi connectivity index (χ4n) is 3.66. The molecule has 1 fully saturated rings. The summed E-state index contributed by atoms with van der Waals surface area (Å²) >= 11 is 0. The first-order chi connectivity index (χ1) is 9.52. The molecule has 1 aliphatic rings. The van der Waals surface area contributed by atoms with Crippen molar-refractivity contribution in [1.29, 1.82) is 0 Å². The number of nitrogens with two attached hydrogens (primary N) is 1. The van der Waals surface area contributed by atoms with Crippen LogP contribution in [0.3, 0.4) is 0 Å². The second-order valence-electron chi connectivity index (χ2n) is 6.45. The van der Waals surface area contributed by atoms with E-state index in [2.05, 4.69) is 37.8 Å². The smallest absolute Gasteiger partial charge is 0.123 e. The molecule has 1 aliphatic heterocycles. The number of likely N-dealkylation sites (tertiary alicyclic amines) is 1. The van der Waals surface area contributed by atoms with Gasteiger partial charge in [-0.25, -0.2) is 0 Å². The molecule has 112 valence electrons. The van der Waals surface area contributed by atoms with Crippen LogP contribution in [0.15, 0.2) is 24.3 Å². The third kappa shape index (κ3) is 3.33. The SMILES string of the molecule is COc1ccccc1C(C(C)N)N1CC(C)CC(C)C1. The summed E-state index contributed by atoms with van der Waals surface area (Å²) in [5, 5.41) is 0. The number of ether oxygens (including phenoxy) is 1. The highest BCUT2D eigenvalue weighted by Crippen LogP contribution is 2.35. The Morgan fingerprint density at radius 2 is 1.80 bits per heavy atom. The Kier molecular flexibility index (Phi) is 5.06. The first kappa shape index (κ1) is 15.3. The Morgan fingerprint density at radius 3 is 2.35 bits per heavy atom. The van der Waals surface area contributed by atoms with Crippen LogP contribution >= 0.6 is 0 Å². The minimum absolute atomic E-state index is 0.0869. The van der Waals surface area contributed by atoms with Gasteiger partial charge >= 0.3 is 0 Å². The zero-order valence-corrected chi connectivity index (χ0v) is 13.2. The molecule has 4 unspecified atom stereocenters. The van der Waals surface area contributed by atoms with Crippen molar-refractivity contribution in [1.82, 2.24) is 4.90 Å². The van der Waals surface area contributed by atoms with Crippen LogP contribution in [0.25, 0.3) is 0 Å². The first-order valence-electron chi connectivity index (χ1n) is 7.65. The molecule has 2 rings (SSSR count). The van der Waals surface area contributed by atoms with Crippen LogP contribution in [0.2, 0.25) is 0 Å². The van der Waals surface area contributed by atoms with Gasteiger partial charge in [-0.1, -0.05) is 32.0 Å². The van der Waals surface area contributed by atoms with E-state index in [1.807, 2.05) is 12.1 Å². The molecule has 0 aromatic heterocycles. The maximum absolute atomic E-state index is 6.32. The maximum Gasteiger partial charge on any atom is 0.123 e. The molecular formula is C17H28N2O. The average Bonchev–Trinajstić information content (AvgIpc) is 2.38. The predicted octanol–water partition coefficient (Wildman–Crippen LogP) is 3.06. The summed E-state index contributed by atoms with van der Waals surface area (Å²) in [6, 6.07) is 8.59. The van der Waals surface area contributed by atoms with Crippen LogP contribution in [0.4, 0.5) is 0 Å². The zero-order valence-electron chi connectivity index (χ0n) is 13.2. The Labute approximate surface area is 123 Å². The van der Waals surface area contributed by atoms with E-state index in [9.17, 15) is 0 Å². The van der Waals surface area contributed by atoms with Crippen molar-refractivity contribution in [2.75, 3.05) is 20.2 Å². The van der Waals surface area contributed by atoms with Gasteiger partial charge in [0.15, 0.2) is 0 Å². The van der Waals surface area contributed by atoms with E-state index < -0.39 is 0 Å². The molecule has 1 aromatic carbocycles. The topological polar surface area (TPSA) is 38.5 Å². The van der Waals surface area contributed by atoms with E-state index in [0.29, 0.717) is 0 Å². The number of methoxy groups -OCH3 is 1. The fraction of sp³-hybridized carbons (Fsp3) is 0.647. The molecule has 20 heavy (non-hydrogen) atoms. The standard InChI is InChI=1S/C17H28N2O/c1-12-9-13(2)11-19(10-12)17(14(3)18)15-7-5-6-8-16(15)20-4/h5-8,12-14,17H,9-11,18H2,1-4H3. The van der Waals surface area contributed by atoms with Gasteiger partial charge in [-0.3, -0.25) is 4.90 Å². The van der Waals surface area contributed by atoms with Crippen molar-refractivity contribution >= 4 is 0 Å². The summed E-state index contributed by atoms with van der Waals surface area (Å²) in [5.74, 6) is 2.41. The molecule has 0 bridgehead atoms. The van der Waals surface area contributed by atoms with Crippen molar-refractivity contribution in [3.63, 3.8) is 0 Å². The van der Waals surface area contributed by atoms with E-state index in [1.165, 1.54) is 12.0 Å². The average molecular weight is 276 g/mol. The van der Waals surface area contributed by atoms with Crippen LogP contribution in [-0.4, -0.2) is 31.1 Å². The Hall–Kier alpha value is -1.06. The van der Waals surface area contributed by atoms with Crippen molar-refractivity contribution in [2.45, 2.75) is 39.3 Å². The van der Waals surface area contributed by atoms with Crippen molar-refractivity contribution < 1.29 is 4.74 Å². The highest BCUT2D eigenvalue weighted by atomic mass is 16.5. The molecule has 0 spiro atoms. The molecule has 2 N–H and O–H groups in total. The molecule has 3 nitrogen and oxygen atoms in total. The van der Waals surface area contributed by atoms with Gasteiger partial charge in [0, 0.05) is 24.7 Å². The summed E-state index contributed by atoms with van der Waals surface area (Å²) < 4.78 is 5.54. The third-order valence-corrected chi connectivity index (χ3v) is 4.25.